The van der Waals surface area contributed by atoms with Gasteiger partial charge in [0, 0.05) is 27.9 Å². The summed E-state index contributed by atoms with van der Waals surface area (Å²) in [5.41, 5.74) is 5.76. The van der Waals surface area contributed by atoms with E-state index in [9.17, 15) is 9.90 Å². The molecule has 1 aliphatic carbocycles. The van der Waals surface area contributed by atoms with Gasteiger partial charge in [0.15, 0.2) is 11.6 Å². The number of carbonyl (C=O) groups excluding carboxylic acids is 1. The minimum absolute atomic E-state index is 0.119. The summed E-state index contributed by atoms with van der Waals surface area (Å²) in [7, 11) is 0. The van der Waals surface area contributed by atoms with E-state index in [0.29, 0.717) is 16.7 Å². The first-order valence-electron chi connectivity index (χ1n) is 12.0. The number of benzene rings is 3. The number of nitrogens with zero attached hydrogens (tertiary/aromatic N) is 3. The van der Waals surface area contributed by atoms with Gasteiger partial charge in [0.05, 0.1) is 17.1 Å². The quantitative estimate of drug-likeness (QED) is 0.253. The van der Waals surface area contributed by atoms with Crippen molar-refractivity contribution in [2.45, 2.75) is 6.10 Å². The van der Waals surface area contributed by atoms with Crippen LogP contribution in [0, 0.1) is 0 Å². The van der Waals surface area contributed by atoms with Crippen LogP contribution in [0.1, 0.15) is 26.9 Å². The molecule has 7 rings (SSSR count). The number of anilines is 6. The fourth-order valence-electron chi connectivity index (χ4n) is 5.13. The predicted octanol–water partition coefficient (Wildman–Crippen LogP) is 7.71. The molecule has 0 radical (unpaired) electrons. The molecule has 2 aromatic heterocycles. The smallest absolute Gasteiger partial charge is 0.192 e. The molecule has 0 spiro atoms. The molecule has 1 unspecified atom stereocenters. The highest BCUT2D eigenvalue weighted by molar-refractivity contribution is 7.17. The number of aliphatic hydroxyl groups is 1. The van der Waals surface area contributed by atoms with Gasteiger partial charge in [0.25, 0.3) is 0 Å². The van der Waals surface area contributed by atoms with E-state index in [0.717, 1.165) is 38.4 Å². The van der Waals surface area contributed by atoms with E-state index in [-0.39, 0.29) is 5.78 Å². The molecule has 0 saturated heterocycles. The van der Waals surface area contributed by atoms with Crippen LogP contribution < -0.4 is 9.80 Å². The van der Waals surface area contributed by atoms with Crippen molar-refractivity contribution in [2.75, 3.05) is 9.80 Å². The number of rotatable bonds is 3. The summed E-state index contributed by atoms with van der Waals surface area (Å²) in [6.07, 6.45) is 2.71. The van der Waals surface area contributed by atoms with Gasteiger partial charge in [0.1, 0.15) is 11.1 Å². The Morgan fingerprint density at radius 2 is 1.46 bits per heavy atom. The first kappa shape index (κ1) is 21.7. The zero-order valence-corrected chi connectivity index (χ0v) is 20.5. The second kappa shape index (κ2) is 8.55. The standard InChI is InChI=1S/C31H21N3O2S/c35-29-22-11-4-5-12-23(22)30(36)24(29)19-21-16-17-28(37-21)34-26-14-7-6-13-25(26)33(20-9-2-1-3-10-20)27-15-8-18-32-31(27)34/h1-19,29,35H/b24-19+. The Bertz CT molecular complexity index is 1640. The fraction of sp³-hybridized carbons (Fsp3) is 0.0323. The van der Waals surface area contributed by atoms with Crippen LogP contribution in [-0.2, 0) is 0 Å². The third-order valence-corrected chi connectivity index (χ3v) is 7.80. The second-order valence-corrected chi connectivity index (χ2v) is 10.0. The molecule has 5 aromatic rings. The third-order valence-electron chi connectivity index (χ3n) is 6.78. The van der Waals surface area contributed by atoms with E-state index < -0.39 is 6.10 Å². The van der Waals surface area contributed by atoms with E-state index in [1.807, 2.05) is 79.0 Å². The maximum Gasteiger partial charge on any atom is 0.192 e. The molecule has 6 heteroatoms. The third kappa shape index (κ3) is 3.42. The van der Waals surface area contributed by atoms with Crippen LogP contribution in [0.15, 0.2) is 115 Å². The highest BCUT2D eigenvalue weighted by atomic mass is 32.1. The minimum Gasteiger partial charge on any atom is -0.383 e. The summed E-state index contributed by atoms with van der Waals surface area (Å²) in [5, 5.41) is 11.8. The van der Waals surface area contributed by atoms with Crippen LogP contribution in [-0.4, -0.2) is 15.9 Å². The minimum atomic E-state index is -0.910. The van der Waals surface area contributed by atoms with Crippen molar-refractivity contribution in [3.05, 3.63) is 131 Å². The van der Waals surface area contributed by atoms with Crippen molar-refractivity contribution in [3.8, 4) is 0 Å². The Morgan fingerprint density at radius 1 is 0.757 bits per heavy atom. The van der Waals surface area contributed by atoms with E-state index in [2.05, 4.69) is 40.1 Å². The van der Waals surface area contributed by atoms with Gasteiger partial charge in [-0.25, -0.2) is 4.98 Å². The van der Waals surface area contributed by atoms with Crippen LogP contribution >= 0.6 is 11.3 Å². The monoisotopic (exact) mass is 499 g/mol. The molecular formula is C31H21N3O2S. The molecule has 0 amide bonds. The highest BCUT2D eigenvalue weighted by Gasteiger charge is 2.34. The fourth-order valence-corrected chi connectivity index (χ4v) is 6.10. The number of pyridine rings is 1. The van der Waals surface area contributed by atoms with Gasteiger partial charge in [-0.05, 0) is 60.2 Å². The van der Waals surface area contributed by atoms with E-state index >= 15 is 0 Å². The molecule has 2 aliphatic rings. The van der Waals surface area contributed by atoms with Crippen molar-refractivity contribution < 1.29 is 9.90 Å². The van der Waals surface area contributed by atoms with Crippen molar-refractivity contribution in [1.82, 2.24) is 4.98 Å². The van der Waals surface area contributed by atoms with E-state index in [1.54, 1.807) is 17.4 Å². The van der Waals surface area contributed by atoms with Gasteiger partial charge in [-0.2, -0.15) is 0 Å². The maximum absolute atomic E-state index is 13.0. The Hall–Kier alpha value is -4.52. The largest absolute Gasteiger partial charge is 0.383 e. The molecule has 37 heavy (non-hydrogen) atoms. The first-order valence-corrected chi connectivity index (χ1v) is 12.8. The van der Waals surface area contributed by atoms with Gasteiger partial charge in [-0.1, -0.05) is 54.6 Å². The molecule has 1 atom stereocenters. The highest BCUT2D eigenvalue weighted by Crippen LogP contribution is 2.54. The number of Topliss-reactive ketones (excluding diaryl/α,β-unsaturated/α-hetero) is 1. The molecular weight excluding hydrogens is 478 g/mol. The number of carbonyl (C=O) groups is 1. The number of aliphatic hydroxyl groups excluding tert-OH is 1. The molecule has 0 saturated carbocycles. The van der Waals surface area contributed by atoms with Crippen LogP contribution in [0.25, 0.3) is 6.08 Å². The van der Waals surface area contributed by atoms with Crippen molar-refractivity contribution in [2.24, 2.45) is 0 Å². The molecule has 3 heterocycles. The van der Waals surface area contributed by atoms with Crippen molar-refractivity contribution in [3.63, 3.8) is 0 Å². The number of fused-ring (bicyclic) bond motifs is 3. The Morgan fingerprint density at radius 3 is 2.27 bits per heavy atom. The zero-order valence-electron chi connectivity index (χ0n) is 19.7. The van der Waals surface area contributed by atoms with Gasteiger partial charge in [-0.15, -0.1) is 11.3 Å². The van der Waals surface area contributed by atoms with Gasteiger partial charge >= 0.3 is 0 Å². The number of aromatic nitrogens is 1. The number of ketones is 1. The normalized spacial score (nSPS) is 17.1. The number of para-hydroxylation sites is 3. The van der Waals surface area contributed by atoms with Crippen LogP contribution in [0.5, 0.6) is 0 Å². The van der Waals surface area contributed by atoms with Crippen LogP contribution in [0.2, 0.25) is 0 Å². The Labute approximate surface area is 218 Å². The summed E-state index contributed by atoms with van der Waals surface area (Å²) in [5.74, 6) is 0.711. The van der Waals surface area contributed by atoms with Crippen molar-refractivity contribution >= 4 is 56.8 Å². The summed E-state index contributed by atoms with van der Waals surface area (Å²) < 4.78 is 0. The lowest BCUT2D eigenvalue weighted by molar-refractivity contribution is 0.102. The SMILES string of the molecule is O=C1/C(=C/c2ccc(N3c4ccccc4N(c4ccccc4)c4cccnc43)s2)C(O)c2ccccc21. The number of hydrogen-bond acceptors (Lipinski definition) is 6. The second-order valence-electron chi connectivity index (χ2n) is 8.94. The Balaban J connectivity index is 1.33. The summed E-state index contributed by atoms with van der Waals surface area (Å²) >= 11 is 1.56. The lowest BCUT2D eigenvalue weighted by Gasteiger charge is -2.38. The van der Waals surface area contributed by atoms with E-state index in [4.69, 9.17) is 4.98 Å². The molecule has 1 N–H and O–H groups in total. The van der Waals surface area contributed by atoms with E-state index in [1.165, 1.54) is 0 Å². The van der Waals surface area contributed by atoms with Crippen LogP contribution in [0.3, 0.4) is 0 Å². The molecule has 1 aliphatic heterocycles. The maximum atomic E-state index is 13.0. The van der Waals surface area contributed by atoms with Gasteiger partial charge < -0.3 is 10.0 Å². The summed E-state index contributed by atoms with van der Waals surface area (Å²) in [6.45, 7) is 0. The average molecular weight is 500 g/mol. The Kier molecular flexibility index (Phi) is 5.02. The lowest BCUT2D eigenvalue weighted by Crippen LogP contribution is -2.24. The molecule has 0 fully saturated rings. The topological polar surface area (TPSA) is 56.7 Å². The van der Waals surface area contributed by atoms with Crippen molar-refractivity contribution in [1.29, 1.82) is 0 Å². The van der Waals surface area contributed by atoms with Crippen LogP contribution in [0.4, 0.5) is 33.6 Å². The lowest BCUT2D eigenvalue weighted by atomic mass is 10.1. The summed E-state index contributed by atoms with van der Waals surface area (Å²) in [4.78, 5) is 23.1. The first-order chi connectivity index (χ1) is 18.2. The van der Waals surface area contributed by atoms with Gasteiger partial charge in [0.2, 0.25) is 0 Å². The summed E-state index contributed by atoms with van der Waals surface area (Å²) in [6, 6.07) is 33.9. The molecule has 0 bridgehead atoms. The average Bonchev–Trinajstić information content (AvgIpc) is 3.51. The number of hydrogen-bond donors (Lipinski definition) is 1. The molecule has 5 nitrogen and oxygen atoms in total. The number of thiophene rings is 1. The molecule has 3 aromatic carbocycles. The zero-order chi connectivity index (χ0) is 24.9. The predicted molar refractivity (Wildman–Crippen MR) is 149 cm³/mol. The molecule has 178 valence electrons. The van der Waals surface area contributed by atoms with Gasteiger partial charge in [-0.3, -0.25) is 9.69 Å².